The van der Waals surface area contributed by atoms with Crippen LogP contribution in [0.3, 0.4) is 0 Å². The van der Waals surface area contributed by atoms with Gasteiger partial charge in [0.2, 0.25) is 15.9 Å². The fraction of sp³-hybridized carbons (Fsp3) is 0.478. The van der Waals surface area contributed by atoms with Gasteiger partial charge in [-0.2, -0.15) is 4.31 Å². The molecular weight excluding hydrogens is 462 g/mol. The molecule has 33 heavy (non-hydrogen) atoms. The molecular formula is C23H29N3O5S2. The number of methoxy groups -OCH3 is 2. The quantitative estimate of drug-likeness (QED) is 0.550. The minimum Gasteiger partial charge on any atom is -0.493 e. The molecule has 1 saturated heterocycles. The standard InChI is InChI=1S/C23H29N3O5S2/c1-30-20-12-17-8-11-25(15-18(17)13-21(20)31-2)23(27)16-32-22-7-6-19(14-24-22)33(28,29)26-9-4-3-5-10-26/h6-7,12-14H,3-5,8-11,15-16H2,1-2H3. The lowest BCUT2D eigenvalue weighted by Crippen LogP contribution is -2.37. The zero-order valence-electron chi connectivity index (χ0n) is 19.0. The van der Waals surface area contributed by atoms with Crippen molar-refractivity contribution in [2.45, 2.75) is 42.1 Å². The largest absolute Gasteiger partial charge is 0.493 e. The first-order valence-corrected chi connectivity index (χ1v) is 13.5. The molecule has 0 spiro atoms. The van der Waals surface area contributed by atoms with Crippen molar-refractivity contribution in [1.29, 1.82) is 0 Å². The summed E-state index contributed by atoms with van der Waals surface area (Å²) in [5.41, 5.74) is 2.22. The minimum atomic E-state index is -3.50. The number of carbonyl (C=O) groups is 1. The van der Waals surface area contributed by atoms with Crippen molar-refractivity contribution in [1.82, 2.24) is 14.2 Å². The first kappa shape index (κ1) is 23.8. The molecule has 10 heteroatoms. The van der Waals surface area contributed by atoms with Crippen molar-refractivity contribution in [2.75, 3.05) is 39.6 Å². The number of rotatable bonds is 7. The summed E-state index contributed by atoms with van der Waals surface area (Å²) < 4.78 is 37.8. The summed E-state index contributed by atoms with van der Waals surface area (Å²) in [6.07, 6.45) is 5.01. The minimum absolute atomic E-state index is 0.0206. The van der Waals surface area contributed by atoms with E-state index in [9.17, 15) is 13.2 Å². The summed E-state index contributed by atoms with van der Waals surface area (Å²) in [7, 11) is -0.284. The number of aromatic nitrogens is 1. The maximum atomic E-state index is 12.8. The van der Waals surface area contributed by atoms with Crippen LogP contribution in [0, 0.1) is 0 Å². The van der Waals surface area contributed by atoms with Crippen LogP contribution in [0.4, 0.5) is 0 Å². The lowest BCUT2D eigenvalue weighted by Gasteiger charge is -2.29. The first-order chi connectivity index (χ1) is 15.9. The van der Waals surface area contributed by atoms with E-state index in [0.717, 1.165) is 36.8 Å². The second-order valence-electron chi connectivity index (χ2n) is 8.13. The molecule has 0 aliphatic carbocycles. The summed E-state index contributed by atoms with van der Waals surface area (Å²) in [6, 6.07) is 7.18. The number of benzene rings is 1. The molecule has 2 aliphatic rings. The highest BCUT2D eigenvalue weighted by Crippen LogP contribution is 2.33. The van der Waals surface area contributed by atoms with Crippen molar-refractivity contribution in [3.63, 3.8) is 0 Å². The van der Waals surface area contributed by atoms with E-state index in [1.54, 1.807) is 26.4 Å². The van der Waals surface area contributed by atoms with Crippen LogP contribution in [-0.2, 0) is 27.8 Å². The molecule has 178 valence electrons. The van der Waals surface area contributed by atoms with E-state index in [1.807, 2.05) is 17.0 Å². The Bertz CT molecular complexity index is 1100. The highest BCUT2D eigenvalue weighted by Gasteiger charge is 2.26. The Morgan fingerprint density at radius 2 is 1.73 bits per heavy atom. The monoisotopic (exact) mass is 491 g/mol. The number of ether oxygens (including phenoxy) is 2. The van der Waals surface area contributed by atoms with E-state index in [1.165, 1.54) is 22.3 Å². The average Bonchev–Trinajstić information content (AvgIpc) is 2.86. The van der Waals surface area contributed by atoms with Gasteiger partial charge in [0, 0.05) is 32.4 Å². The van der Waals surface area contributed by atoms with Crippen LogP contribution in [0.1, 0.15) is 30.4 Å². The van der Waals surface area contributed by atoms with Gasteiger partial charge in [0.15, 0.2) is 11.5 Å². The molecule has 0 saturated carbocycles. The maximum Gasteiger partial charge on any atom is 0.244 e. The third kappa shape index (κ3) is 5.28. The van der Waals surface area contributed by atoms with Crippen LogP contribution in [-0.4, -0.2) is 68.1 Å². The molecule has 1 amide bonds. The van der Waals surface area contributed by atoms with Crippen molar-refractivity contribution in [3.8, 4) is 11.5 Å². The van der Waals surface area contributed by atoms with Crippen LogP contribution in [0.25, 0.3) is 0 Å². The first-order valence-electron chi connectivity index (χ1n) is 11.0. The molecule has 2 aliphatic heterocycles. The fourth-order valence-corrected chi connectivity index (χ4v) is 6.39. The Hall–Kier alpha value is -2.30. The van der Waals surface area contributed by atoms with Crippen LogP contribution < -0.4 is 9.47 Å². The van der Waals surface area contributed by atoms with Gasteiger partial charge in [-0.25, -0.2) is 13.4 Å². The van der Waals surface area contributed by atoms with E-state index >= 15 is 0 Å². The van der Waals surface area contributed by atoms with Gasteiger partial charge in [-0.1, -0.05) is 18.2 Å². The summed E-state index contributed by atoms with van der Waals surface area (Å²) in [6.45, 7) is 2.29. The summed E-state index contributed by atoms with van der Waals surface area (Å²) >= 11 is 1.32. The lowest BCUT2D eigenvalue weighted by atomic mass is 9.99. The van der Waals surface area contributed by atoms with E-state index < -0.39 is 10.0 Å². The van der Waals surface area contributed by atoms with Gasteiger partial charge in [-0.05, 0) is 54.7 Å². The second-order valence-corrected chi connectivity index (χ2v) is 11.1. The van der Waals surface area contributed by atoms with Gasteiger partial charge < -0.3 is 14.4 Å². The van der Waals surface area contributed by atoms with E-state index in [4.69, 9.17) is 9.47 Å². The third-order valence-corrected chi connectivity index (χ3v) is 8.89. The zero-order chi connectivity index (χ0) is 23.4. The molecule has 4 rings (SSSR count). The van der Waals surface area contributed by atoms with Gasteiger partial charge in [0.25, 0.3) is 0 Å². The number of pyridine rings is 1. The topological polar surface area (TPSA) is 89.0 Å². The third-order valence-electron chi connectivity index (χ3n) is 6.08. The predicted molar refractivity (Wildman–Crippen MR) is 126 cm³/mol. The van der Waals surface area contributed by atoms with Crippen molar-refractivity contribution in [2.24, 2.45) is 0 Å². The van der Waals surface area contributed by atoms with Crippen LogP contribution in [0.5, 0.6) is 11.5 Å². The molecule has 0 atom stereocenters. The fourth-order valence-electron chi connectivity index (χ4n) is 4.18. The second kappa shape index (κ2) is 10.3. The Labute approximate surface area is 199 Å². The number of carbonyl (C=O) groups excluding carboxylic acids is 1. The SMILES string of the molecule is COc1cc2c(cc1OC)CN(C(=O)CSc1ccc(S(=O)(=O)N3CCCCC3)cn1)CC2. The summed E-state index contributed by atoms with van der Waals surface area (Å²) in [5, 5.41) is 0.629. The zero-order valence-corrected chi connectivity index (χ0v) is 20.6. The average molecular weight is 492 g/mol. The number of thioether (sulfide) groups is 1. The summed E-state index contributed by atoms with van der Waals surface area (Å²) in [4.78, 5) is 19.1. The molecule has 0 radical (unpaired) electrons. The number of hydrogen-bond donors (Lipinski definition) is 0. The number of piperidine rings is 1. The molecule has 1 aromatic heterocycles. The van der Waals surface area contributed by atoms with Crippen molar-refractivity contribution >= 4 is 27.7 Å². The van der Waals surface area contributed by atoms with E-state index in [2.05, 4.69) is 4.98 Å². The van der Waals surface area contributed by atoms with Crippen LogP contribution in [0.2, 0.25) is 0 Å². The predicted octanol–water partition coefficient (Wildman–Crippen LogP) is 2.95. The molecule has 0 bridgehead atoms. The van der Waals surface area contributed by atoms with Gasteiger partial charge in [0.1, 0.15) is 4.90 Å². The van der Waals surface area contributed by atoms with Crippen molar-refractivity contribution in [3.05, 3.63) is 41.6 Å². The summed E-state index contributed by atoms with van der Waals surface area (Å²) in [5.74, 6) is 1.62. The molecule has 1 fully saturated rings. The smallest absolute Gasteiger partial charge is 0.244 e. The number of fused-ring (bicyclic) bond motifs is 1. The maximum absolute atomic E-state index is 12.8. The molecule has 0 N–H and O–H groups in total. The lowest BCUT2D eigenvalue weighted by molar-refractivity contribution is -0.129. The molecule has 2 aromatic rings. The van der Waals surface area contributed by atoms with Crippen molar-refractivity contribution < 1.29 is 22.7 Å². The number of hydrogen-bond acceptors (Lipinski definition) is 7. The Morgan fingerprint density at radius 1 is 1.03 bits per heavy atom. The molecule has 0 unspecified atom stereocenters. The van der Waals surface area contributed by atoms with Gasteiger partial charge in [-0.15, -0.1) is 0 Å². The van der Waals surface area contributed by atoms with Crippen LogP contribution >= 0.6 is 11.8 Å². The van der Waals surface area contributed by atoms with Gasteiger partial charge in [0.05, 0.1) is 25.0 Å². The molecule has 1 aromatic carbocycles. The van der Waals surface area contributed by atoms with Gasteiger partial charge in [-0.3, -0.25) is 4.79 Å². The number of amides is 1. The van der Waals surface area contributed by atoms with Gasteiger partial charge >= 0.3 is 0 Å². The normalized spacial score (nSPS) is 16.8. The van der Waals surface area contributed by atoms with Crippen LogP contribution in [0.15, 0.2) is 40.4 Å². The van der Waals surface area contributed by atoms with E-state index in [-0.39, 0.29) is 16.6 Å². The highest BCUT2D eigenvalue weighted by atomic mass is 32.2. The van der Waals surface area contributed by atoms with E-state index in [0.29, 0.717) is 42.7 Å². The Balaban J connectivity index is 1.35. The highest BCUT2D eigenvalue weighted by molar-refractivity contribution is 7.99. The number of nitrogens with zero attached hydrogens (tertiary/aromatic N) is 3. The molecule has 3 heterocycles. The Kier molecular flexibility index (Phi) is 7.45. The Morgan fingerprint density at radius 3 is 2.36 bits per heavy atom. The number of sulfonamides is 1. The molecule has 8 nitrogen and oxygen atoms in total.